The summed E-state index contributed by atoms with van der Waals surface area (Å²) in [5.74, 6) is 0.174. The molecular weight excluding hydrogens is 350 g/mol. The number of carbonyl (C=O) groups excluding carboxylic acids is 2. The highest BCUT2D eigenvalue weighted by Gasteiger charge is 2.17. The number of carbonyl (C=O) groups is 2. The van der Waals surface area contributed by atoms with Crippen molar-refractivity contribution in [3.05, 3.63) is 47.5 Å². The number of methoxy groups -OCH3 is 3. The molecule has 0 heterocycles. The fourth-order valence-electron chi connectivity index (χ4n) is 2.31. The van der Waals surface area contributed by atoms with Crippen LogP contribution in [0.15, 0.2) is 36.4 Å². The summed E-state index contributed by atoms with van der Waals surface area (Å²) in [6.07, 6.45) is 0. The molecule has 2 N–H and O–H groups in total. The molecule has 0 spiro atoms. The van der Waals surface area contributed by atoms with Crippen LogP contribution in [0.1, 0.15) is 15.9 Å². The molecule has 0 aliphatic carbocycles. The van der Waals surface area contributed by atoms with Crippen molar-refractivity contribution in [3.63, 3.8) is 0 Å². The second-order valence-corrected chi connectivity index (χ2v) is 5.33. The van der Waals surface area contributed by atoms with Crippen LogP contribution >= 0.6 is 0 Å². The van der Waals surface area contributed by atoms with Gasteiger partial charge in [-0.2, -0.15) is 5.26 Å². The predicted octanol–water partition coefficient (Wildman–Crippen LogP) is 1.95. The Labute approximate surface area is 156 Å². The van der Waals surface area contributed by atoms with E-state index in [4.69, 9.17) is 19.5 Å². The summed E-state index contributed by atoms with van der Waals surface area (Å²) < 4.78 is 15.6. The standard InChI is InChI=1S/C19H19N3O5/c1-25-15-8-13(9-16(26-2)18(15)27-3)19(24)21-11-17(23)22-14-6-4-12(10-20)5-7-14/h4-9H,11H2,1-3H3,(H,21,24)(H,22,23). The van der Waals surface area contributed by atoms with Gasteiger partial charge in [-0.05, 0) is 36.4 Å². The van der Waals surface area contributed by atoms with Gasteiger partial charge in [0, 0.05) is 11.3 Å². The summed E-state index contributed by atoms with van der Waals surface area (Å²) in [4.78, 5) is 24.3. The largest absolute Gasteiger partial charge is 0.493 e. The van der Waals surface area contributed by atoms with E-state index >= 15 is 0 Å². The zero-order valence-electron chi connectivity index (χ0n) is 15.2. The highest BCUT2D eigenvalue weighted by Crippen LogP contribution is 2.38. The Balaban J connectivity index is 2.02. The number of nitrogens with one attached hydrogen (secondary N) is 2. The molecule has 2 aromatic carbocycles. The van der Waals surface area contributed by atoms with Gasteiger partial charge in [-0.25, -0.2) is 0 Å². The Morgan fingerprint density at radius 3 is 2.07 bits per heavy atom. The molecule has 0 atom stereocenters. The second kappa shape index (κ2) is 9.10. The summed E-state index contributed by atoms with van der Waals surface area (Å²) >= 11 is 0. The van der Waals surface area contributed by atoms with Crippen molar-refractivity contribution >= 4 is 17.5 Å². The maximum absolute atomic E-state index is 12.3. The van der Waals surface area contributed by atoms with Crippen LogP contribution < -0.4 is 24.8 Å². The summed E-state index contributed by atoms with van der Waals surface area (Å²) in [5, 5.41) is 13.9. The summed E-state index contributed by atoms with van der Waals surface area (Å²) in [6.45, 7) is -0.227. The Kier molecular flexibility index (Phi) is 6.61. The summed E-state index contributed by atoms with van der Waals surface area (Å²) in [6, 6.07) is 11.4. The van der Waals surface area contributed by atoms with Gasteiger partial charge in [-0.15, -0.1) is 0 Å². The van der Waals surface area contributed by atoms with Gasteiger partial charge < -0.3 is 24.8 Å². The lowest BCUT2D eigenvalue weighted by molar-refractivity contribution is -0.115. The van der Waals surface area contributed by atoms with E-state index in [1.165, 1.54) is 33.5 Å². The fraction of sp³-hybridized carbons (Fsp3) is 0.211. The number of benzene rings is 2. The zero-order valence-corrected chi connectivity index (χ0v) is 15.2. The lowest BCUT2D eigenvalue weighted by Gasteiger charge is -2.14. The van der Waals surface area contributed by atoms with Gasteiger partial charge in [0.1, 0.15) is 0 Å². The topological polar surface area (TPSA) is 110 Å². The Morgan fingerprint density at radius 1 is 1.00 bits per heavy atom. The molecule has 8 nitrogen and oxygen atoms in total. The molecule has 0 aliphatic rings. The van der Waals surface area contributed by atoms with E-state index in [2.05, 4.69) is 10.6 Å². The lowest BCUT2D eigenvalue weighted by atomic mass is 10.1. The zero-order chi connectivity index (χ0) is 19.8. The molecule has 0 aliphatic heterocycles. The average Bonchev–Trinajstić information content (AvgIpc) is 2.71. The van der Waals surface area contributed by atoms with Crippen LogP contribution in [-0.2, 0) is 4.79 Å². The van der Waals surface area contributed by atoms with Crippen molar-refractivity contribution in [1.82, 2.24) is 5.32 Å². The number of hydrogen-bond acceptors (Lipinski definition) is 6. The van der Waals surface area contributed by atoms with Crippen LogP contribution in [0.25, 0.3) is 0 Å². The molecule has 140 valence electrons. The minimum Gasteiger partial charge on any atom is -0.493 e. The molecule has 0 saturated carbocycles. The van der Waals surface area contributed by atoms with Crippen LogP contribution in [0.4, 0.5) is 5.69 Å². The Hall–Kier alpha value is -3.73. The highest BCUT2D eigenvalue weighted by atomic mass is 16.5. The monoisotopic (exact) mass is 369 g/mol. The summed E-state index contributed by atoms with van der Waals surface area (Å²) in [5.41, 5.74) is 1.28. The minimum absolute atomic E-state index is 0.227. The van der Waals surface area contributed by atoms with E-state index < -0.39 is 11.8 Å². The molecule has 2 aromatic rings. The van der Waals surface area contributed by atoms with Gasteiger partial charge in [0.15, 0.2) is 11.5 Å². The molecule has 27 heavy (non-hydrogen) atoms. The number of amides is 2. The third-order valence-corrected chi connectivity index (χ3v) is 3.63. The first-order valence-electron chi connectivity index (χ1n) is 7.90. The van der Waals surface area contributed by atoms with E-state index in [9.17, 15) is 9.59 Å². The normalized spacial score (nSPS) is 9.70. The maximum Gasteiger partial charge on any atom is 0.251 e. The van der Waals surface area contributed by atoms with Gasteiger partial charge >= 0.3 is 0 Å². The number of nitrogens with zero attached hydrogens (tertiary/aromatic N) is 1. The third kappa shape index (κ3) is 4.89. The lowest BCUT2D eigenvalue weighted by Crippen LogP contribution is -2.32. The van der Waals surface area contributed by atoms with Crippen LogP contribution in [0, 0.1) is 11.3 Å². The van der Waals surface area contributed by atoms with Gasteiger partial charge in [0.2, 0.25) is 11.7 Å². The predicted molar refractivity (Wildman–Crippen MR) is 98.2 cm³/mol. The summed E-state index contributed by atoms with van der Waals surface area (Å²) in [7, 11) is 4.36. The SMILES string of the molecule is COc1cc(C(=O)NCC(=O)Nc2ccc(C#N)cc2)cc(OC)c1OC. The van der Waals surface area contributed by atoms with Crippen LogP contribution in [0.3, 0.4) is 0 Å². The third-order valence-electron chi connectivity index (χ3n) is 3.63. The van der Waals surface area contributed by atoms with E-state index in [1.807, 2.05) is 6.07 Å². The number of rotatable bonds is 7. The molecular formula is C19H19N3O5. The van der Waals surface area contributed by atoms with E-state index in [0.29, 0.717) is 28.5 Å². The molecule has 0 fully saturated rings. The quantitative estimate of drug-likeness (QED) is 0.772. The minimum atomic E-state index is -0.468. The van der Waals surface area contributed by atoms with E-state index in [-0.39, 0.29) is 12.1 Å². The molecule has 0 saturated heterocycles. The van der Waals surface area contributed by atoms with Crippen LogP contribution in [0.5, 0.6) is 17.2 Å². The first kappa shape index (κ1) is 19.6. The van der Waals surface area contributed by atoms with Gasteiger partial charge in [0.25, 0.3) is 5.91 Å². The number of hydrogen-bond donors (Lipinski definition) is 2. The smallest absolute Gasteiger partial charge is 0.251 e. The molecule has 0 unspecified atom stereocenters. The van der Waals surface area contributed by atoms with Crippen LogP contribution in [0.2, 0.25) is 0 Å². The van der Waals surface area contributed by atoms with Gasteiger partial charge in [-0.3, -0.25) is 9.59 Å². The second-order valence-electron chi connectivity index (χ2n) is 5.33. The van der Waals surface area contributed by atoms with Crippen molar-refractivity contribution in [3.8, 4) is 23.3 Å². The number of anilines is 1. The van der Waals surface area contributed by atoms with Crippen LogP contribution in [-0.4, -0.2) is 39.7 Å². The highest BCUT2D eigenvalue weighted by molar-refractivity contribution is 6.00. The first-order valence-corrected chi connectivity index (χ1v) is 7.90. The van der Waals surface area contributed by atoms with Crippen molar-refractivity contribution in [2.75, 3.05) is 33.2 Å². The van der Waals surface area contributed by atoms with Gasteiger partial charge in [0.05, 0.1) is 39.5 Å². The molecule has 0 radical (unpaired) electrons. The average molecular weight is 369 g/mol. The molecule has 0 aromatic heterocycles. The van der Waals surface area contributed by atoms with Crippen molar-refractivity contribution in [2.45, 2.75) is 0 Å². The molecule has 8 heteroatoms. The molecule has 0 bridgehead atoms. The number of ether oxygens (including phenoxy) is 3. The maximum atomic E-state index is 12.3. The fourth-order valence-corrected chi connectivity index (χ4v) is 2.31. The number of nitriles is 1. The van der Waals surface area contributed by atoms with E-state index in [0.717, 1.165) is 0 Å². The first-order chi connectivity index (χ1) is 13.0. The Bertz CT molecular complexity index is 847. The Morgan fingerprint density at radius 2 is 1.59 bits per heavy atom. The van der Waals surface area contributed by atoms with E-state index in [1.54, 1.807) is 24.3 Å². The van der Waals surface area contributed by atoms with Crippen molar-refractivity contribution in [2.24, 2.45) is 0 Å². The van der Waals surface area contributed by atoms with Crippen molar-refractivity contribution < 1.29 is 23.8 Å². The van der Waals surface area contributed by atoms with Gasteiger partial charge in [-0.1, -0.05) is 0 Å². The molecule has 2 amide bonds. The van der Waals surface area contributed by atoms with Crippen molar-refractivity contribution in [1.29, 1.82) is 5.26 Å². The molecule has 2 rings (SSSR count).